The number of methoxy groups -OCH3 is 1. The number of ether oxygens (including phenoxy) is 2. The molecule has 0 N–H and O–H groups in total. The van der Waals surface area contributed by atoms with Crippen molar-refractivity contribution < 1.29 is 14.3 Å². The Morgan fingerprint density at radius 1 is 1.19 bits per heavy atom. The number of benzene rings is 1. The molecule has 1 unspecified atom stereocenters. The standard InChI is InChI=1S/C18H26O3/c1-3-4-11-17(20-2)12-8-15-21-18(19)14-13-16-9-6-5-7-10-16/h5-7,9-10,13-14,17H,3-4,8,11-12,15H2,1-2H3. The molecule has 1 aromatic rings. The number of carbonyl (C=O) groups is 1. The minimum atomic E-state index is -0.290. The van der Waals surface area contributed by atoms with Crippen molar-refractivity contribution in [1.29, 1.82) is 0 Å². The number of unbranched alkanes of at least 4 members (excludes halogenated alkanes) is 1. The van der Waals surface area contributed by atoms with Crippen LogP contribution in [0.1, 0.15) is 44.6 Å². The summed E-state index contributed by atoms with van der Waals surface area (Å²) in [5.41, 5.74) is 0.994. The van der Waals surface area contributed by atoms with Crippen LogP contribution in [0, 0.1) is 0 Å². The van der Waals surface area contributed by atoms with Crippen molar-refractivity contribution in [1.82, 2.24) is 0 Å². The summed E-state index contributed by atoms with van der Waals surface area (Å²) in [6.07, 6.45) is 8.73. The Morgan fingerprint density at radius 2 is 1.90 bits per heavy atom. The van der Waals surface area contributed by atoms with Crippen LogP contribution in [-0.2, 0) is 14.3 Å². The summed E-state index contributed by atoms with van der Waals surface area (Å²) in [6, 6.07) is 9.71. The third-order valence-corrected chi connectivity index (χ3v) is 3.34. The van der Waals surface area contributed by atoms with Crippen molar-refractivity contribution in [3.8, 4) is 0 Å². The van der Waals surface area contributed by atoms with Crippen LogP contribution in [0.4, 0.5) is 0 Å². The number of esters is 1. The van der Waals surface area contributed by atoms with Crippen LogP contribution in [0.2, 0.25) is 0 Å². The fourth-order valence-electron chi connectivity index (χ4n) is 2.07. The SMILES string of the molecule is CCCCC(CCCOC(=O)C=Cc1ccccc1)OC. The Morgan fingerprint density at radius 3 is 2.57 bits per heavy atom. The van der Waals surface area contributed by atoms with Crippen molar-refractivity contribution in [2.75, 3.05) is 13.7 Å². The highest BCUT2D eigenvalue weighted by Gasteiger charge is 2.06. The van der Waals surface area contributed by atoms with Gasteiger partial charge in [-0.15, -0.1) is 0 Å². The van der Waals surface area contributed by atoms with Gasteiger partial charge >= 0.3 is 5.97 Å². The maximum Gasteiger partial charge on any atom is 0.330 e. The molecule has 1 rings (SSSR count). The molecule has 0 radical (unpaired) electrons. The molecule has 1 aromatic carbocycles. The highest BCUT2D eigenvalue weighted by molar-refractivity contribution is 5.86. The Balaban J connectivity index is 2.17. The van der Waals surface area contributed by atoms with Crippen molar-refractivity contribution in [3.63, 3.8) is 0 Å². The van der Waals surface area contributed by atoms with Crippen molar-refractivity contribution in [2.45, 2.75) is 45.1 Å². The highest BCUT2D eigenvalue weighted by atomic mass is 16.5. The molecule has 3 heteroatoms. The fourth-order valence-corrected chi connectivity index (χ4v) is 2.07. The van der Waals surface area contributed by atoms with Gasteiger partial charge in [0.2, 0.25) is 0 Å². The minimum absolute atomic E-state index is 0.281. The van der Waals surface area contributed by atoms with Crippen LogP contribution >= 0.6 is 0 Å². The molecule has 0 spiro atoms. The number of hydrogen-bond donors (Lipinski definition) is 0. The number of carbonyl (C=O) groups excluding carboxylic acids is 1. The van der Waals surface area contributed by atoms with Gasteiger partial charge in [0.05, 0.1) is 12.7 Å². The zero-order valence-electron chi connectivity index (χ0n) is 13.1. The summed E-state index contributed by atoms with van der Waals surface area (Å²) in [4.78, 5) is 11.6. The Kier molecular flexibility index (Phi) is 9.21. The first-order chi connectivity index (χ1) is 10.3. The molecule has 21 heavy (non-hydrogen) atoms. The van der Waals surface area contributed by atoms with E-state index in [1.807, 2.05) is 30.3 Å². The molecule has 0 bridgehead atoms. The van der Waals surface area contributed by atoms with Gasteiger partial charge in [0, 0.05) is 13.2 Å². The Labute approximate surface area is 128 Å². The summed E-state index contributed by atoms with van der Waals surface area (Å²) < 4.78 is 10.6. The lowest BCUT2D eigenvalue weighted by atomic mass is 10.1. The second-order valence-electron chi connectivity index (χ2n) is 5.05. The van der Waals surface area contributed by atoms with E-state index in [1.165, 1.54) is 18.9 Å². The van der Waals surface area contributed by atoms with Crippen LogP contribution in [-0.4, -0.2) is 25.8 Å². The molecule has 116 valence electrons. The summed E-state index contributed by atoms with van der Waals surface area (Å²) in [5.74, 6) is -0.290. The van der Waals surface area contributed by atoms with Crippen LogP contribution in [0.25, 0.3) is 6.08 Å². The molecule has 0 saturated heterocycles. The highest BCUT2D eigenvalue weighted by Crippen LogP contribution is 2.10. The average Bonchev–Trinajstić information content (AvgIpc) is 2.53. The normalized spacial score (nSPS) is 12.5. The molecule has 0 saturated carbocycles. The Bertz CT molecular complexity index is 412. The van der Waals surface area contributed by atoms with Gasteiger partial charge in [-0.25, -0.2) is 4.79 Å². The summed E-state index contributed by atoms with van der Waals surface area (Å²) in [7, 11) is 1.74. The molecule has 0 aliphatic carbocycles. The van der Waals surface area contributed by atoms with Crippen LogP contribution in [0.5, 0.6) is 0 Å². The van der Waals surface area contributed by atoms with E-state index in [-0.39, 0.29) is 12.1 Å². The van der Waals surface area contributed by atoms with E-state index in [0.717, 1.165) is 24.8 Å². The molecular weight excluding hydrogens is 264 g/mol. The summed E-state index contributed by atoms with van der Waals surface area (Å²) in [6.45, 7) is 2.62. The average molecular weight is 290 g/mol. The van der Waals surface area contributed by atoms with Gasteiger partial charge in [-0.1, -0.05) is 50.1 Å². The second-order valence-corrected chi connectivity index (χ2v) is 5.05. The zero-order chi connectivity index (χ0) is 15.3. The molecular formula is C18H26O3. The largest absolute Gasteiger partial charge is 0.463 e. The molecule has 0 fully saturated rings. The minimum Gasteiger partial charge on any atom is -0.463 e. The first kappa shape index (κ1) is 17.4. The number of rotatable bonds is 10. The first-order valence-corrected chi connectivity index (χ1v) is 7.69. The molecule has 0 aromatic heterocycles. The van der Waals surface area contributed by atoms with E-state index in [4.69, 9.17) is 9.47 Å². The van der Waals surface area contributed by atoms with Crippen LogP contribution < -0.4 is 0 Å². The molecule has 0 heterocycles. The smallest absolute Gasteiger partial charge is 0.330 e. The molecule has 0 aliphatic rings. The fraction of sp³-hybridized carbons (Fsp3) is 0.500. The lowest BCUT2D eigenvalue weighted by Gasteiger charge is -2.14. The van der Waals surface area contributed by atoms with Gasteiger partial charge in [-0.05, 0) is 30.9 Å². The lowest BCUT2D eigenvalue weighted by molar-refractivity contribution is -0.137. The maximum absolute atomic E-state index is 11.6. The van der Waals surface area contributed by atoms with E-state index in [1.54, 1.807) is 13.2 Å². The Hall–Kier alpha value is -1.61. The first-order valence-electron chi connectivity index (χ1n) is 7.69. The molecule has 3 nitrogen and oxygen atoms in total. The summed E-state index contributed by atoms with van der Waals surface area (Å²) in [5, 5.41) is 0. The predicted octanol–water partition coefficient (Wildman–Crippen LogP) is 4.23. The summed E-state index contributed by atoms with van der Waals surface area (Å²) >= 11 is 0. The van der Waals surface area contributed by atoms with Gasteiger partial charge in [0.25, 0.3) is 0 Å². The topological polar surface area (TPSA) is 35.5 Å². The number of hydrogen-bond acceptors (Lipinski definition) is 3. The second kappa shape index (κ2) is 11.1. The van der Waals surface area contributed by atoms with E-state index in [9.17, 15) is 4.79 Å². The van der Waals surface area contributed by atoms with Crippen molar-refractivity contribution >= 4 is 12.0 Å². The van der Waals surface area contributed by atoms with E-state index < -0.39 is 0 Å². The van der Waals surface area contributed by atoms with Crippen molar-refractivity contribution in [2.24, 2.45) is 0 Å². The zero-order valence-corrected chi connectivity index (χ0v) is 13.1. The molecule has 0 amide bonds. The van der Waals surface area contributed by atoms with Gasteiger partial charge in [-0.3, -0.25) is 0 Å². The van der Waals surface area contributed by atoms with Crippen LogP contribution in [0.15, 0.2) is 36.4 Å². The van der Waals surface area contributed by atoms with Gasteiger partial charge in [0.1, 0.15) is 0 Å². The quantitative estimate of drug-likeness (QED) is 0.367. The maximum atomic E-state index is 11.6. The van der Waals surface area contributed by atoms with Crippen molar-refractivity contribution in [3.05, 3.63) is 42.0 Å². The third kappa shape index (κ3) is 8.30. The van der Waals surface area contributed by atoms with Crippen LogP contribution in [0.3, 0.4) is 0 Å². The van der Waals surface area contributed by atoms with E-state index >= 15 is 0 Å². The monoisotopic (exact) mass is 290 g/mol. The third-order valence-electron chi connectivity index (χ3n) is 3.34. The van der Waals surface area contributed by atoms with Gasteiger partial charge in [0.15, 0.2) is 0 Å². The van der Waals surface area contributed by atoms with Gasteiger partial charge in [-0.2, -0.15) is 0 Å². The molecule has 0 aliphatic heterocycles. The predicted molar refractivity (Wildman–Crippen MR) is 86.0 cm³/mol. The van der Waals surface area contributed by atoms with E-state index in [2.05, 4.69) is 6.92 Å². The van der Waals surface area contributed by atoms with E-state index in [0.29, 0.717) is 6.61 Å². The molecule has 1 atom stereocenters. The lowest BCUT2D eigenvalue weighted by Crippen LogP contribution is -2.12. The van der Waals surface area contributed by atoms with Gasteiger partial charge < -0.3 is 9.47 Å².